The Hall–Kier alpha value is -0.860. The number of hydrogen-bond acceptors (Lipinski definition) is 2. The Labute approximate surface area is 98.7 Å². The molecule has 1 heterocycles. The molecular weight excluding hydrogens is 196 g/mol. The molecule has 0 bridgehead atoms. The summed E-state index contributed by atoms with van der Waals surface area (Å²) in [6.45, 7) is 6.54. The van der Waals surface area contributed by atoms with E-state index < -0.39 is 0 Å². The fourth-order valence-corrected chi connectivity index (χ4v) is 2.81. The van der Waals surface area contributed by atoms with Crippen LogP contribution >= 0.6 is 0 Å². The van der Waals surface area contributed by atoms with E-state index in [2.05, 4.69) is 56.4 Å². The molecule has 0 spiro atoms. The summed E-state index contributed by atoms with van der Waals surface area (Å²) in [6.07, 6.45) is 1.20. The zero-order chi connectivity index (χ0) is 11.8. The topological polar surface area (TPSA) is 15.3 Å². The number of nitrogens with zero attached hydrogens (tertiary/aromatic N) is 1. The molecule has 2 rings (SSSR count). The van der Waals surface area contributed by atoms with Crippen LogP contribution in [-0.4, -0.2) is 32.1 Å². The second kappa shape index (κ2) is 4.19. The fraction of sp³-hybridized carbons (Fsp3) is 0.571. The highest BCUT2D eigenvalue weighted by Gasteiger charge is 2.37. The first-order valence-corrected chi connectivity index (χ1v) is 6.01. The predicted octanol–water partition coefficient (Wildman–Crippen LogP) is 2.05. The van der Waals surface area contributed by atoms with Crippen molar-refractivity contribution in [2.75, 3.05) is 27.2 Å². The molecule has 0 aliphatic carbocycles. The van der Waals surface area contributed by atoms with Gasteiger partial charge in [0.15, 0.2) is 0 Å². The number of benzene rings is 1. The van der Waals surface area contributed by atoms with Crippen LogP contribution in [0.3, 0.4) is 0 Å². The maximum absolute atomic E-state index is 3.49. The quantitative estimate of drug-likeness (QED) is 0.817. The minimum atomic E-state index is 0.191. The van der Waals surface area contributed by atoms with Gasteiger partial charge in [-0.25, -0.2) is 0 Å². The first-order chi connectivity index (χ1) is 7.54. The van der Waals surface area contributed by atoms with Crippen molar-refractivity contribution in [3.05, 3.63) is 34.9 Å². The van der Waals surface area contributed by atoms with Gasteiger partial charge in [-0.3, -0.25) is 4.90 Å². The van der Waals surface area contributed by atoms with Gasteiger partial charge in [0, 0.05) is 6.54 Å². The van der Waals surface area contributed by atoms with Gasteiger partial charge in [-0.1, -0.05) is 29.3 Å². The van der Waals surface area contributed by atoms with Crippen LogP contribution in [0.5, 0.6) is 0 Å². The van der Waals surface area contributed by atoms with Gasteiger partial charge in [0.2, 0.25) is 0 Å². The lowest BCUT2D eigenvalue weighted by atomic mass is 9.86. The van der Waals surface area contributed by atoms with Crippen molar-refractivity contribution in [3.8, 4) is 0 Å². The second-order valence-corrected chi connectivity index (χ2v) is 5.23. The molecule has 1 aliphatic rings. The zero-order valence-corrected chi connectivity index (χ0v) is 10.8. The highest BCUT2D eigenvalue weighted by atomic mass is 15.2. The average molecular weight is 218 g/mol. The van der Waals surface area contributed by atoms with Crippen molar-refractivity contribution >= 4 is 0 Å². The van der Waals surface area contributed by atoms with Crippen molar-refractivity contribution in [2.24, 2.45) is 0 Å². The molecule has 2 heteroatoms. The van der Waals surface area contributed by atoms with E-state index >= 15 is 0 Å². The van der Waals surface area contributed by atoms with E-state index in [0.29, 0.717) is 0 Å². The monoisotopic (exact) mass is 218 g/mol. The van der Waals surface area contributed by atoms with Gasteiger partial charge in [-0.2, -0.15) is 0 Å². The summed E-state index contributed by atoms with van der Waals surface area (Å²) >= 11 is 0. The van der Waals surface area contributed by atoms with Gasteiger partial charge in [0.25, 0.3) is 0 Å². The van der Waals surface area contributed by atoms with Crippen LogP contribution in [0.15, 0.2) is 18.2 Å². The van der Waals surface area contributed by atoms with Gasteiger partial charge >= 0.3 is 0 Å². The summed E-state index contributed by atoms with van der Waals surface area (Å²) in [5.41, 5.74) is 4.38. The van der Waals surface area contributed by atoms with Crippen LogP contribution in [0.25, 0.3) is 0 Å². The van der Waals surface area contributed by atoms with E-state index in [4.69, 9.17) is 0 Å². The Balaban J connectivity index is 2.47. The molecule has 1 aliphatic heterocycles. The van der Waals surface area contributed by atoms with Crippen molar-refractivity contribution in [2.45, 2.75) is 25.8 Å². The average Bonchev–Trinajstić information content (AvgIpc) is 2.65. The number of rotatable bonds is 2. The van der Waals surface area contributed by atoms with E-state index in [0.717, 1.165) is 13.1 Å². The molecule has 1 N–H and O–H groups in total. The van der Waals surface area contributed by atoms with Crippen molar-refractivity contribution in [1.29, 1.82) is 0 Å². The third kappa shape index (κ3) is 1.87. The Morgan fingerprint density at radius 3 is 2.19 bits per heavy atom. The van der Waals surface area contributed by atoms with Crippen LogP contribution in [0.2, 0.25) is 0 Å². The van der Waals surface area contributed by atoms with E-state index in [1.807, 2.05) is 0 Å². The largest absolute Gasteiger partial charge is 0.314 e. The highest BCUT2D eigenvalue weighted by molar-refractivity contribution is 5.34. The number of nitrogens with one attached hydrogen (secondary N) is 1. The molecule has 1 aromatic carbocycles. The van der Waals surface area contributed by atoms with E-state index in [1.54, 1.807) is 0 Å². The maximum Gasteiger partial charge on any atom is 0.0593 e. The molecule has 1 aromatic rings. The lowest BCUT2D eigenvalue weighted by molar-refractivity contribution is 0.174. The standard InChI is InChI=1S/C14H22N2/c1-11-7-12(2)9-13(8-11)14(16(3)4)5-6-15-10-14/h7-9,15H,5-6,10H2,1-4H3. The Morgan fingerprint density at radius 2 is 1.75 bits per heavy atom. The first-order valence-electron chi connectivity index (χ1n) is 6.01. The van der Waals surface area contributed by atoms with Gasteiger partial charge < -0.3 is 5.32 Å². The fourth-order valence-electron chi connectivity index (χ4n) is 2.81. The number of aryl methyl sites for hydroxylation is 2. The van der Waals surface area contributed by atoms with Crippen LogP contribution < -0.4 is 5.32 Å². The molecule has 2 nitrogen and oxygen atoms in total. The molecule has 1 atom stereocenters. The minimum absolute atomic E-state index is 0.191. The Morgan fingerprint density at radius 1 is 1.12 bits per heavy atom. The minimum Gasteiger partial charge on any atom is -0.314 e. The predicted molar refractivity (Wildman–Crippen MR) is 68.8 cm³/mol. The molecule has 0 amide bonds. The lowest BCUT2D eigenvalue weighted by Gasteiger charge is -2.36. The van der Waals surface area contributed by atoms with E-state index in [9.17, 15) is 0 Å². The van der Waals surface area contributed by atoms with Crippen molar-refractivity contribution in [1.82, 2.24) is 10.2 Å². The highest BCUT2D eigenvalue weighted by Crippen LogP contribution is 2.33. The summed E-state index contributed by atoms with van der Waals surface area (Å²) in [4.78, 5) is 2.36. The van der Waals surface area contributed by atoms with E-state index in [-0.39, 0.29) is 5.54 Å². The second-order valence-electron chi connectivity index (χ2n) is 5.23. The third-order valence-electron chi connectivity index (χ3n) is 3.75. The molecule has 88 valence electrons. The Bertz CT molecular complexity index is 356. The summed E-state index contributed by atoms with van der Waals surface area (Å²) in [5, 5.41) is 3.49. The number of likely N-dealkylation sites (N-methyl/N-ethyl adjacent to an activating group) is 1. The molecule has 0 radical (unpaired) electrons. The molecule has 0 aromatic heterocycles. The summed E-state index contributed by atoms with van der Waals surface area (Å²) < 4.78 is 0. The van der Waals surface area contributed by atoms with E-state index in [1.165, 1.54) is 23.1 Å². The molecule has 1 fully saturated rings. The molecule has 1 saturated heterocycles. The van der Waals surface area contributed by atoms with Crippen LogP contribution in [0, 0.1) is 13.8 Å². The van der Waals surface area contributed by atoms with Crippen molar-refractivity contribution in [3.63, 3.8) is 0 Å². The summed E-state index contributed by atoms with van der Waals surface area (Å²) in [7, 11) is 4.37. The smallest absolute Gasteiger partial charge is 0.0593 e. The van der Waals surface area contributed by atoms with Gasteiger partial charge in [0.05, 0.1) is 5.54 Å². The Kier molecular flexibility index (Phi) is 3.04. The maximum atomic E-state index is 3.49. The van der Waals surface area contributed by atoms with Gasteiger partial charge in [0.1, 0.15) is 0 Å². The SMILES string of the molecule is Cc1cc(C)cc(C2(N(C)C)CCNC2)c1. The molecular formula is C14H22N2. The summed E-state index contributed by atoms with van der Waals surface area (Å²) in [6, 6.07) is 6.91. The normalized spacial score (nSPS) is 25.3. The number of hydrogen-bond donors (Lipinski definition) is 1. The molecule has 0 saturated carbocycles. The van der Waals surface area contributed by atoms with Crippen LogP contribution in [0.1, 0.15) is 23.1 Å². The molecule has 1 unspecified atom stereocenters. The first kappa shape index (κ1) is 11.6. The lowest BCUT2D eigenvalue weighted by Crippen LogP contribution is -2.43. The van der Waals surface area contributed by atoms with Gasteiger partial charge in [-0.05, 0) is 46.5 Å². The van der Waals surface area contributed by atoms with Crippen LogP contribution in [-0.2, 0) is 5.54 Å². The zero-order valence-electron chi connectivity index (χ0n) is 10.8. The molecule has 16 heavy (non-hydrogen) atoms. The van der Waals surface area contributed by atoms with Gasteiger partial charge in [-0.15, -0.1) is 0 Å². The third-order valence-corrected chi connectivity index (χ3v) is 3.75. The summed E-state index contributed by atoms with van der Waals surface area (Å²) in [5.74, 6) is 0. The van der Waals surface area contributed by atoms with Crippen molar-refractivity contribution < 1.29 is 0 Å². The van der Waals surface area contributed by atoms with Crippen LogP contribution in [0.4, 0.5) is 0 Å².